The SMILES string of the molecule is C=C/C(=C\N(C)CCF)c1cn(C)c(/C(C)=C(C=N)/C=C\C(=CC)C(N)=O)n1. The first-order valence-electron chi connectivity index (χ1n) is 8.79. The smallest absolute Gasteiger partial charge is 0.248 e. The summed E-state index contributed by atoms with van der Waals surface area (Å²) in [5.74, 6) is 0.137. The van der Waals surface area contributed by atoms with Gasteiger partial charge in [-0.3, -0.25) is 4.79 Å². The van der Waals surface area contributed by atoms with E-state index in [9.17, 15) is 9.18 Å². The number of nitrogens with two attached hydrogens (primary N) is 1. The van der Waals surface area contributed by atoms with Crippen LogP contribution in [0.1, 0.15) is 25.4 Å². The maximum absolute atomic E-state index is 12.5. The van der Waals surface area contributed by atoms with E-state index < -0.39 is 12.6 Å². The molecule has 6 nitrogen and oxygen atoms in total. The Morgan fingerprint density at radius 1 is 1.46 bits per heavy atom. The average Bonchev–Trinajstić information content (AvgIpc) is 3.04. The molecule has 150 valence electrons. The minimum atomic E-state index is -0.529. The van der Waals surface area contributed by atoms with Crippen LogP contribution >= 0.6 is 0 Å². The maximum Gasteiger partial charge on any atom is 0.248 e. The molecule has 1 aromatic heterocycles. The molecule has 1 heterocycles. The van der Waals surface area contributed by atoms with Crippen LogP contribution in [0.4, 0.5) is 4.39 Å². The molecule has 28 heavy (non-hydrogen) atoms. The number of carbonyl (C=O) groups excluding carboxylic acids is 1. The van der Waals surface area contributed by atoms with Crippen molar-refractivity contribution in [2.75, 3.05) is 20.3 Å². The van der Waals surface area contributed by atoms with Crippen molar-refractivity contribution in [2.45, 2.75) is 13.8 Å². The Morgan fingerprint density at radius 3 is 2.64 bits per heavy atom. The number of nitrogens with one attached hydrogen (secondary N) is 1. The Labute approximate surface area is 165 Å². The molecule has 0 aliphatic rings. The molecule has 0 saturated heterocycles. The lowest BCUT2D eigenvalue weighted by atomic mass is 10.1. The van der Waals surface area contributed by atoms with Crippen molar-refractivity contribution >= 4 is 23.3 Å². The Hall–Kier alpha value is -3.22. The molecule has 0 aliphatic carbocycles. The van der Waals surface area contributed by atoms with Crippen molar-refractivity contribution in [3.8, 4) is 0 Å². The average molecular weight is 385 g/mol. The van der Waals surface area contributed by atoms with E-state index in [1.54, 1.807) is 49.4 Å². The summed E-state index contributed by atoms with van der Waals surface area (Å²) in [5.41, 5.74) is 8.49. The van der Waals surface area contributed by atoms with E-state index >= 15 is 0 Å². The first-order chi connectivity index (χ1) is 13.3. The van der Waals surface area contributed by atoms with Crippen molar-refractivity contribution in [3.63, 3.8) is 0 Å². The van der Waals surface area contributed by atoms with Gasteiger partial charge in [-0.05, 0) is 25.5 Å². The van der Waals surface area contributed by atoms with Crippen molar-refractivity contribution in [3.05, 3.63) is 65.9 Å². The number of hydrogen-bond donors (Lipinski definition) is 2. The standard InChI is InChI=1S/C21H28FN5O/c1-6-16(20(24)28)8-9-18(12-23)15(3)21-25-19(14-27(21)5)17(7-2)13-26(4)11-10-22/h6-9,12-14,23H,2,10-11H2,1,3-5H3,(H2,24,28)/b9-8-,16-6?,17-13+,18-15-,23-12?. The largest absolute Gasteiger partial charge is 0.377 e. The molecule has 0 bridgehead atoms. The highest BCUT2D eigenvalue weighted by molar-refractivity contribution is 5.96. The number of carbonyl (C=O) groups is 1. The lowest BCUT2D eigenvalue weighted by Crippen LogP contribution is -2.14. The number of hydrogen-bond acceptors (Lipinski definition) is 4. The van der Waals surface area contributed by atoms with Gasteiger partial charge in [-0.2, -0.15) is 0 Å². The van der Waals surface area contributed by atoms with Gasteiger partial charge < -0.3 is 20.6 Å². The minimum absolute atomic E-state index is 0.284. The second kappa shape index (κ2) is 10.8. The third-order valence-electron chi connectivity index (χ3n) is 4.15. The summed E-state index contributed by atoms with van der Waals surface area (Å²) in [4.78, 5) is 17.7. The van der Waals surface area contributed by atoms with Gasteiger partial charge >= 0.3 is 0 Å². The van der Waals surface area contributed by atoms with Crippen LogP contribution in [-0.2, 0) is 11.8 Å². The number of primary amides is 1. The van der Waals surface area contributed by atoms with Crippen molar-refractivity contribution in [1.29, 1.82) is 5.41 Å². The summed E-state index contributed by atoms with van der Waals surface area (Å²) in [7, 11) is 3.64. The van der Waals surface area contributed by atoms with E-state index in [0.29, 0.717) is 22.7 Å². The third kappa shape index (κ3) is 5.90. The highest BCUT2D eigenvalue weighted by atomic mass is 19.1. The topological polar surface area (TPSA) is 88.0 Å². The summed E-state index contributed by atoms with van der Waals surface area (Å²) >= 11 is 0. The minimum Gasteiger partial charge on any atom is -0.377 e. The predicted octanol–water partition coefficient (Wildman–Crippen LogP) is 3.26. The molecule has 0 unspecified atom stereocenters. The van der Waals surface area contributed by atoms with E-state index in [-0.39, 0.29) is 6.54 Å². The molecular weight excluding hydrogens is 357 g/mol. The van der Waals surface area contributed by atoms with E-state index in [4.69, 9.17) is 11.1 Å². The first-order valence-corrected chi connectivity index (χ1v) is 8.79. The highest BCUT2D eigenvalue weighted by Gasteiger charge is 2.12. The van der Waals surface area contributed by atoms with E-state index in [1.807, 2.05) is 24.7 Å². The van der Waals surface area contributed by atoms with Gasteiger partial charge in [0.25, 0.3) is 0 Å². The molecule has 1 rings (SSSR count). The van der Waals surface area contributed by atoms with Crippen LogP contribution in [-0.4, -0.2) is 46.8 Å². The molecule has 0 aromatic carbocycles. The van der Waals surface area contributed by atoms with Crippen molar-refractivity contribution < 1.29 is 9.18 Å². The first kappa shape index (κ1) is 22.8. The molecule has 1 aromatic rings. The van der Waals surface area contributed by atoms with Crippen LogP contribution in [0, 0.1) is 5.41 Å². The molecule has 0 atom stereocenters. The second-order valence-electron chi connectivity index (χ2n) is 6.19. The van der Waals surface area contributed by atoms with Gasteiger partial charge in [0.05, 0.1) is 5.69 Å². The number of halogens is 1. The summed E-state index contributed by atoms with van der Waals surface area (Å²) in [6.45, 7) is 7.23. The van der Waals surface area contributed by atoms with Crippen LogP contribution < -0.4 is 5.73 Å². The van der Waals surface area contributed by atoms with Crippen LogP contribution in [0.5, 0.6) is 0 Å². The molecule has 0 fully saturated rings. The van der Waals surface area contributed by atoms with E-state index in [1.165, 1.54) is 6.21 Å². The third-order valence-corrected chi connectivity index (χ3v) is 4.15. The number of amides is 1. The molecular formula is C21H28FN5O. The lowest BCUT2D eigenvalue weighted by Gasteiger charge is -2.12. The number of aryl methyl sites for hydroxylation is 1. The lowest BCUT2D eigenvalue weighted by molar-refractivity contribution is -0.114. The zero-order valence-electron chi connectivity index (χ0n) is 16.9. The Morgan fingerprint density at radius 2 is 2.14 bits per heavy atom. The highest BCUT2D eigenvalue weighted by Crippen LogP contribution is 2.22. The van der Waals surface area contributed by atoms with Crippen molar-refractivity contribution in [2.24, 2.45) is 12.8 Å². The Kier molecular flexibility index (Phi) is 8.81. The number of imidazole rings is 1. The van der Waals surface area contributed by atoms with Crippen LogP contribution in [0.3, 0.4) is 0 Å². The molecule has 1 amide bonds. The fourth-order valence-electron chi connectivity index (χ4n) is 2.52. The number of alkyl halides is 1. The molecule has 3 N–H and O–H groups in total. The Balaban J connectivity index is 3.34. The van der Waals surface area contributed by atoms with Crippen molar-refractivity contribution in [1.82, 2.24) is 14.5 Å². The molecule has 7 heteroatoms. The van der Waals surface area contributed by atoms with Gasteiger partial charge in [-0.1, -0.05) is 24.8 Å². The fourth-order valence-corrected chi connectivity index (χ4v) is 2.52. The van der Waals surface area contributed by atoms with Crippen LogP contribution in [0.15, 0.2) is 54.4 Å². The summed E-state index contributed by atoms with van der Waals surface area (Å²) in [6.07, 6.45) is 11.4. The van der Waals surface area contributed by atoms with Gasteiger partial charge in [0.2, 0.25) is 5.91 Å². The molecule has 0 radical (unpaired) electrons. The maximum atomic E-state index is 12.5. The number of allylic oxidation sites excluding steroid dienone is 6. The van der Waals surface area contributed by atoms with Crippen LogP contribution in [0.2, 0.25) is 0 Å². The molecule has 0 saturated carbocycles. The normalized spacial score (nSPS) is 13.5. The predicted molar refractivity (Wildman–Crippen MR) is 113 cm³/mol. The number of nitrogens with zero attached hydrogens (tertiary/aromatic N) is 3. The van der Waals surface area contributed by atoms with Gasteiger partial charge in [-0.25, -0.2) is 9.37 Å². The van der Waals surface area contributed by atoms with Gasteiger partial charge in [0, 0.05) is 56.0 Å². The van der Waals surface area contributed by atoms with Gasteiger partial charge in [0.1, 0.15) is 12.5 Å². The number of rotatable bonds is 10. The monoisotopic (exact) mass is 385 g/mol. The fraction of sp³-hybridized carbons (Fsp3) is 0.286. The molecule has 0 spiro atoms. The summed E-state index contributed by atoms with van der Waals surface area (Å²) in [6, 6.07) is 0. The zero-order chi connectivity index (χ0) is 21.3. The Bertz CT molecular complexity index is 858. The van der Waals surface area contributed by atoms with E-state index in [0.717, 1.165) is 11.1 Å². The summed E-state index contributed by atoms with van der Waals surface area (Å²) in [5, 5.41) is 7.71. The number of aromatic nitrogens is 2. The summed E-state index contributed by atoms with van der Waals surface area (Å²) < 4.78 is 14.4. The van der Waals surface area contributed by atoms with Crippen LogP contribution in [0.25, 0.3) is 11.1 Å². The zero-order valence-corrected chi connectivity index (χ0v) is 16.9. The van der Waals surface area contributed by atoms with E-state index in [2.05, 4.69) is 11.6 Å². The van der Waals surface area contributed by atoms with Gasteiger partial charge in [0.15, 0.2) is 0 Å². The second-order valence-corrected chi connectivity index (χ2v) is 6.19. The molecule has 0 aliphatic heterocycles. The van der Waals surface area contributed by atoms with Gasteiger partial charge in [-0.15, -0.1) is 0 Å². The quantitative estimate of drug-likeness (QED) is 0.368.